The lowest BCUT2D eigenvalue weighted by Gasteiger charge is -2.29. The second-order valence-corrected chi connectivity index (χ2v) is 7.32. The molecule has 2 aromatic carbocycles. The van der Waals surface area contributed by atoms with E-state index in [2.05, 4.69) is 31.2 Å². The average Bonchev–Trinajstić information content (AvgIpc) is 2.63. The van der Waals surface area contributed by atoms with Crippen LogP contribution in [0.25, 0.3) is 11.1 Å². The molecule has 0 unspecified atom stereocenters. The van der Waals surface area contributed by atoms with Gasteiger partial charge in [-0.05, 0) is 54.7 Å². The Bertz CT molecular complexity index is 621. The average molecular weight is 324 g/mol. The van der Waals surface area contributed by atoms with E-state index in [1.165, 1.54) is 63.0 Å². The molecule has 0 heterocycles. The zero-order chi connectivity index (χ0) is 16.8. The minimum atomic E-state index is -0.141. The Balaban J connectivity index is 1.58. The monoisotopic (exact) mass is 324 g/mol. The van der Waals surface area contributed by atoms with E-state index in [1.54, 1.807) is 6.07 Å². The van der Waals surface area contributed by atoms with Crippen molar-refractivity contribution in [3.63, 3.8) is 0 Å². The molecule has 0 nitrogen and oxygen atoms in total. The van der Waals surface area contributed by atoms with Crippen LogP contribution in [0.15, 0.2) is 48.5 Å². The number of hydrogen-bond donors (Lipinski definition) is 0. The first kappa shape index (κ1) is 17.2. The topological polar surface area (TPSA) is 0 Å². The van der Waals surface area contributed by atoms with Crippen molar-refractivity contribution in [1.29, 1.82) is 0 Å². The summed E-state index contributed by atoms with van der Waals surface area (Å²) in [7, 11) is 0. The second kappa shape index (κ2) is 8.46. The molecule has 24 heavy (non-hydrogen) atoms. The van der Waals surface area contributed by atoms with Crippen LogP contribution in [0.5, 0.6) is 0 Å². The van der Waals surface area contributed by atoms with Gasteiger partial charge in [0.05, 0.1) is 0 Å². The van der Waals surface area contributed by atoms with E-state index >= 15 is 0 Å². The standard InChI is InChI=1S/C23H29F/c1-2-3-4-7-18-10-12-19(13-11-18)20-14-16-21(17-15-20)22-8-5-6-9-23(22)24/h5-6,8-9,14-19H,2-4,7,10-13H2,1H3/t18-,19-. The molecule has 0 saturated heterocycles. The summed E-state index contributed by atoms with van der Waals surface area (Å²) in [5.74, 6) is 1.51. The predicted octanol–water partition coefficient (Wildman–Crippen LogP) is 7.35. The van der Waals surface area contributed by atoms with Gasteiger partial charge in [-0.1, -0.05) is 75.1 Å². The van der Waals surface area contributed by atoms with Gasteiger partial charge in [-0.15, -0.1) is 0 Å². The van der Waals surface area contributed by atoms with Gasteiger partial charge < -0.3 is 0 Å². The highest BCUT2D eigenvalue weighted by Gasteiger charge is 2.22. The molecule has 0 aliphatic heterocycles. The van der Waals surface area contributed by atoms with Gasteiger partial charge in [0.1, 0.15) is 5.82 Å². The SMILES string of the molecule is CCCCC[C@H]1CC[C@H](c2ccc(-c3ccccc3F)cc2)CC1. The summed E-state index contributed by atoms with van der Waals surface area (Å²) in [6.07, 6.45) is 10.9. The van der Waals surface area contributed by atoms with E-state index in [4.69, 9.17) is 0 Å². The molecule has 1 saturated carbocycles. The van der Waals surface area contributed by atoms with Crippen molar-refractivity contribution in [1.82, 2.24) is 0 Å². The van der Waals surface area contributed by atoms with Crippen molar-refractivity contribution in [3.05, 3.63) is 59.9 Å². The van der Waals surface area contributed by atoms with Crippen molar-refractivity contribution in [2.75, 3.05) is 0 Å². The molecule has 0 amide bonds. The largest absolute Gasteiger partial charge is 0.206 e. The van der Waals surface area contributed by atoms with Crippen LogP contribution in [0.1, 0.15) is 69.8 Å². The Morgan fingerprint density at radius 2 is 1.58 bits per heavy atom. The van der Waals surface area contributed by atoms with Crippen LogP contribution in [0.2, 0.25) is 0 Å². The van der Waals surface area contributed by atoms with Crippen molar-refractivity contribution in [3.8, 4) is 11.1 Å². The molecule has 3 rings (SSSR count). The highest BCUT2D eigenvalue weighted by atomic mass is 19.1. The molecule has 1 aliphatic rings. The van der Waals surface area contributed by atoms with Gasteiger partial charge in [0, 0.05) is 5.56 Å². The summed E-state index contributed by atoms with van der Waals surface area (Å²) in [5.41, 5.74) is 3.11. The van der Waals surface area contributed by atoms with E-state index in [0.717, 1.165) is 11.5 Å². The predicted molar refractivity (Wildman–Crippen MR) is 101 cm³/mol. The van der Waals surface area contributed by atoms with Crippen LogP contribution in [0, 0.1) is 11.7 Å². The number of halogens is 1. The summed E-state index contributed by atoms with van der Waals surface area (Å²) in [5, 5.41) is 0. The lowest BCUT2D eigenvalue weighted by atomic mass is 9.77. The van der Waals surface area contributed by atoms with Crippen LogP contribution in [0.4, 0.5) is 4.39 Å². The van der Waals surface area contributed by atoms with E-state index in [9.17, 15) is 4.39 Å². The molecule has 0 spiro atoms. The van der Waals surface area contributed by atoms with Gasteiger partial charge in [-0.25, -0.2) is 4.39 Å². The fraction of sp³-hybridized carbons (Fsp3) is 0.478. The zero-order valence-electron chi connectivity index (χ0n) is 14.8. The number of benzene rings is 2. The van der Waals surface area contributed by atoms with Crippen molar-refractivity contribution in [2.24, 2.45) is 5.92 Å². The third-order valence-corrected chi connectivity index (χ3v) is 5.63. The molecule has 2 aromatic rings. The molecular weight excluding hydrogens is 295 g/mol. The molecule has 1 heteroatoms. The van der Waals surface area contributed by atoms with Gasteiger partial charge in [0.15, 0.2) is 0 Å². The maximum Gasteiger partial charge on any atom is 0.131 e. The van der Waals surface area contributed by atoms with Gasteiger partial charge in [-0.2, -0.15) is 0 Å². The molecule has 0 atom stereocenters. The number of hydrogen-bond acceptors (Lipinski definition) is 0. The van der Waals surface area contributed by atoms with Crippen molar-refractivity contribution in [2.45, 2.75) is 64.2 Å². The quantitative estimate of drug-likeness (QED) is 0.487. The van der Waals surface area contributed by atoms with Crippen LogP contribution in [0.3, 0.4) is 0 Å². The summed E-state index contributed by atoms with van der Waals surface area (Å²) in [6.45, 7) is 2.28. The van der Waals surface area contributed by atoms with E-state index in [-0.39, 0.29) is 5.82 Å². The number of unbranched alkanes of at least 4 members (excludes halogenated alkanes) is 2. The Hall–Kier alpha value is -1.63. The van der Waals surface area contributed by atoms with Crippen LogP contribution < -0.4 is 0 Å². The maximum absolute atomic E-state index is 13.9. The minimum Gasteiger partial charge on any atom is -0.206 e. The van der Waals surface area contributed by atoms with Gasteiger partial charge in [0.25, 0.3) is 0 Å². The van der Waals surface area contributed by atoms with Crippen LogP contribution >= 0.6 is 0 Å². The summed E-state index contributed by atoms with van der Waals surface area (Å²) < 4.78 is 13.9. The third-order valence-electron chi connectivity index (χ3n) is 5.63. The second-order valence-electron chi connectivity index (χ2n) is 7.32. The zero-order valence-corrected chi connectivity index (χ0v) is 14.8. The molecule has 0 aromatic heterocycles. The highest BCUT2D eigenvalue weighted by Crippen LogP contribution is 2.38. The first-order chi connectivity index (χ1) is 11.8. The minimum absolute atomic E-state index is 0.141. The molecule has 1 fully saturated rings. The van der Waals surface area contributed by atoms with Crippen molar-refractivity contribution >= 4 is 0 Å². The third kappa shape index (κ3) is 4.26. The lowest BCUT2D eigenvalue weighted by molar-refractivity contribution is 0.303. The summed E-state index contributed by atoms with van der Waals surface area (Å²) in [4.78, 5) is 0. The van der Waals surface area contributed by atoms with Gasteiger partial charge >= 0.3 is 0 Å². The van der Waals surface area contributed by atoms with Gasteiger partial charge in [-0.3, -0.25) is 0 Å². The van der Waals surface area contributed by atoms with E-state index in [1.807, 2.05) is 12.1 Å². The Morgan fingerprint density at radius 1 is 0.875 bits per heavy atom. The van der Waals surface area contributed by atoms with Gasteiger partial charge in [0.2, 0.25) is 0 Å². The molecule has 1 aliphatic carbocycles. The Morgan fingerprint density at radius 3 is 2.25 bits per heavy atom. The fourth-order valence-electron chi connectivity index (χ4n) is 4.10. The van der Waals surface area contributed by atoms with E-state index in [0.29, 0.717) is 11.5 Å². The molecule has 0 bridgehead atoms. The Labute approximate surface area is 146 Å². The number of rotatable bonds is 6. The van der Waals surface area contributed by atoms with Crippen molar-refractivity contribution < 1.29 is 4.39 Å². The molecule has 0 radical (unpaired) electrons. The Kier molecular flexibility index (Phi) is 6.07. The normalized spacial score (nSPS) is 20.9. The summed E-state index contributed by atoms with van der Waals surface area (Å²) >= 11 is 0. The highest BCUT2D eigenvalue weighted by molar-refractivity contribution is 5.64. The van der Waals surface area contributed by atoms with Crippen LogP contribution in [-0.2, 0) is 0 Å². The smallest absolute Gasteiger partial charge is 0.131 e. The molecular formula is C23H29F. The first-order valence-corrected chi connectivity index (χ1v) is 9.62. The summed E-state index contributed by atoms with van der Waals surface area (Å²) in [6, 6.07) is 15.6. The first-order valence-electron chi connectivity index (χ1n) is 9.62. The maximum atomic E-state index is 13.9. The lowest BCUT2D eigenvalue weighted by Crippen LogP contribution is -2.13. The molecule has 0 N–H and O–H groups in total. The van der Waals surface area contributed by atoms with Crippen LogP contribution in [-0.4, -0.2) is 0 Å². The van der Waals surface area contributed by atoms with E-state index < -0.39 is 0 Å². The fourth-order valence-corrected chi connectivity index (χ4v) is 4.10. The molecule has 128 valence electrons.